The second kappa shape index (κ2) is 9.11. The van der Waals surface area contributed by atoms with Crippen LogP contribution in [-0.4, -0.2) is 34.4 Å². The number of aromatic nitrogens is 2. The van der Waals surface area contributed by atoms with E-state index in [4.69, 9.17) is 16.3 Å². The summed E-state index contributed by atoms with van der Waals surface area (Å²) in [5, 5.41) is 3.21. The minimum absolute atomic E-state index is 0.0980. The van der Waals surface area contributed by atoms with Crippen LogP contribution in [0.2, 0.25) is 5.15 Å². The Bertz CT molecular complexity index is 1460. The lowest BCUT2D eigenvalue weighted by atomic mass is 9.80. The summed E-state index contributed by atoms with van der Waals surface area (Å²) in [6.07, 6.45) is 2.72. The number of nitrogens with one attached hydrogen (secondary N) is 1. The number of nitrogens with zero attached hydrogens (tertiary/aromatic N) is 2. The van der Waals surface area contributed by atoms with E-state index in [1.807, 2.05) is 0 Å². The van der Waals surface area contributed by atoms with Gasteiger partial charge < -0.3 is 10.1 Å². The molecule has 4 aromatic rings. The predicted octanol–water partition coefficient (Wildman–Crippen LogP) is 5.28. The molecule has 9 heteroatoms. The molecule has 0 radical (unpaired) electrons. The number of benzene rings is 2. The molecule has 1 N–H and O–H groups in total. The highest BCUT2D eigenvalue weighted by Gasteiger charge is 2.36. The number of rotatable bonds is 5. The third-order valence-corrected chi connectivity index (χ3v) is 6.60. The lowest BCUT2D eigenvalue weighted by molar-refractivity contribution is -0.149. The van der Waals surface area contributed by atoms with E-state index in [1.54, 1.807) is 47.0 Å². The molecule has 0 spiro atoms. The maximum atomic E-state index is 14.5. The summed E-state index contributed by atoms with van der Waals surface area (Å²) in [6, 6.07) is 13.5. The summed E-state index contributed by atoms with van der Waals surface area (Å²) in [7, 11) is 1.35. The molecule has 5 rings (SSSR count). The zero-order valence-electron chi connectivity index (χ0n) is 18.6. The van der Waals surface area contributed by atoms with E-state index in [2.05, 4.69) is 10.3 Å². The van der Waals surface area contributed by atoms with Gasteiger partial charge in [0, 0.05) is 35.0 Å². The number of carbonyl (C=O) groups is 2. The van der Waals surface area contributed by atoms with Crippen molar-refractivity contribution in [2.24, 2.45) is 5.92 Å². The van der Waals surface area contributed by atoms with Crippen LogP contribution in [0.15, 0.2) is 60.8 Å². The molecule has 0 saturated heterocycles. The van der Waals surface area contributed by atoms with E-state index >= 15 is 0 Å². The molecule has 2 aromatic heterocycles. The molecule has 0 bridgehead atoms. The Hall–Kier alpha value is -3.78. The molecular formula is C26H20ClF2N3O3. The van der Waals surface area contributed by atoms with Crippen molar-refractivity contribution in [1.29, 1.82) is 0 Å². The zero-order valence-corrected chi connectivity index (χ0v) is 19.4. The van der Waals surface area contributed by atoms with Gasteiger partial charge in [0.15, 0.2) is 0 Å². The average molecular weight is 496 g/mol. The van der Waals surface area contributed by atoms with Gasteiger partial charge in [0.1, 0.15) is 28.1 Å². The third-order valence-electron chi connectivity index (χ3n) is 6.24. The van der Waals surface area contributed by atoms with E-state index in [-0.39, 0.29) is 29.4 Å². The van der Waals surface area contributed by atoms with Crippen LogP contribution < -0.4 is 5.32 Å². The Morgan fingerprint density at radius 3 is 2.51 bits per heavy atom. The predicted molar refractivity (Wildman–Crippen MR) is 127 cm³/mol. The van der Waals surface area contributed by atoms with Crippen molar-refractivity contribution in [1.82, 2.24) is 14.7 Å². The van der Waals surface area contributed by atoms with Gasteiger partial charge in [0.05, 0.1) is 13.0 Å². The highest BCUT2D eigenvalue weighted by Crippen LogP contribution is 2.37. The van der Waals surface area contributed by atoms with Gasteiger partial charge >= 0.3 is 5.97 Å². The second-order valence-corrected chi connectivity index (χ2v) is 8.78. The normalized spacial score (nSPS) is 17.1. The van der Waals surface area contributed by atoms with Crippen LogP contribution in [0.25, 0.3) is 28.0 Å². The number of pyridine rings is 1. The number of methoxy groups -OCH3 is 1. The number of hydrogen-bond acceptors (Lipinski definition) is 4. The molecule has 6 nitrogen and oxygen atoms in total. The van der Waals surface area contributed by atoms with Gasteiger partial charge in [0.25, 0.3) is 5.91 Å². The van der Waals surface area contributed by atoms with Crippen LogP contribution in [-0.2, 0) is 9.53 Å². The molecule has 35 heavy (non-hydrogen) atoms. The van der Waals surface area contributed by atoms with Gasteiger partial charge in [-0.15, -0.1) is 0 Å². The molecule has 178 valence electrons. The third kappa shape index (κ3) is 4.25. The first-order valence-corrected chi connectivity index (χ1v) is 11.3. The molecular weight excluding hydrogens is 476 g/mol. The fourth-order valence-corrected chi connectivity index (χ4v) is 4.61. The van der Waals surface area contributed by atoms with Crippen LogP contribution in [0.5, 0.6) is 0 Å². The first-order valence-electron chi connectivity index (χ1n) is 11.0. The number of fused-ring (bicyclic) bond motifs is 1. The topological polar surface area (TPSA) is 72.7 Å². The maximum Gasteiger partial charge on any atom is 0.308 e. The highest BCUT2D eigenvalue weighted by molar-refractivity contribution is 6.32. The van der Waals surface area contributed by atoms with Crippen molar-refractivity contribution in [3.63, 3.8) is 0 Å². The monoisotopic (exact) mass is 495 g/mol. The number of imidazole rings is 1. The Morgan fingerprint density at radius 1 is 1.06 bits per heavy atom. The fourth-order valence-electron chi connectivity index (χ4n) is 4.32. The van der Waals surface area contributed by atoms with Crippen molar-refractivity contribution in [3.05, 3.63) is 83.1 Å². The molecule has 1 fully saturated rings. The van der Waals surface area contributed by atoms with Crippen LogP contribution >= 0.6 is 11.6 Å². The number of amides is 1. The van der Waals surface area contributed by atoms with Crippen LogP contribution in [0.3, 0.4) is 0 Å². The van der Waals surface area contributed by atoms with Gasteiger partial charge in [0.2, 0.25) is 0 Å². The van der Waals surface area contributed by atoms with E-state index < -0.39 is 11.6 Å². The van der Waals surface area contributed by atoms with Gasteiger partial charge in [-0.1, -0.05) is 35.9 Å². The minimum Gasteiger partial charge on any atom is -0.469 e. The SMILES string of the molecule is COC(=O)[C@H]1C[C@@H](NC(=O)c2ccn3c(Cl)c(-c4ccccc4-c4ccc(F)cc4F)nc3c2)C1. The molecule has 0 aliphatic heterocycles. The van der Waals surface area contributed by atoms with Crippen molar-refractivity contribution in [2.45, 2.75) is 18.9 Å². The van der Waals surface area contributed by atoms with E-state index in [0.29, 0.717) is 46.0 Å². The lowest BCUT2D eigenvalue weighted by Gasteiger charge is -2.33. The van der Waals surface area contributed by atoms with Gasteiger partial charge in [-0.2, -0.15) is 0 Å². The van der Waals surface area contributed by atoms with Crippen LogP contribution in [0, 0.1) is 17.6 Å². The Labute approximate surface area is 204 Å². The van der Waals surface area contributed by atoms with Gasteiger partial charge in [-0.05, 0) is 42.7 Å². The quantitative estimate of drug-likeness (QED) is 0.382. The summed E-state index contributed by atoms with van der Waals surface area (Å²) in [5.41, 5.74) is 2.54. The Kier molecular flexibility index (Phi) is 5.98. The smallest absolute Gasteiger partial charge is 0.308 e. The summed E-state index contributed by atoms with van der Waals surface area (Å²) < 4.78 is 34.3. The van der Waals surface area contributed by atoms with Crippen molar-refractivity contribution in [3.8, 4) is 22.4 Å². The minimum atomic E-state index is -0.693. The van der Waals surface area contributed by atoms with Crippen molar-refractivity contribution >= 4 is 29.1 Å². The standard InChI is InChI=1S/C26H20ClF2N3O3/c1-35-26(34)15-10-17(11-15)30-25(33)14-8-9-32-22(12-14)31-23(24(32)27)20-5-3-2-4-18(20)19-7-6-16(28)13-21(19)29/h2-9,12-13,15,17H,10-11H2,1H3,(H,30,33)/t15-,17+. The van der Waals surface area contributed by atoms with Gasteiger partial charge in [-0.3, -0.25) is 14.0 Å². The molecule has 2 heterocycles. The first kappa shape index (κ1) is 23.0. The number of carbonyl (C=O) groups excluding carboxylic acids is 2. The molecule has 1 amide bonds. The fraction of sp³-hybridized carbons (Fsp3) is 0.192. The van der Waals surface area contributed by atoms with Crippen molar-refractivity contribution < 1.29 is 23.1 Å². The van der Waals surface area contributed by atoms with E-state index in [0.717, 1.165) is 6.07 Å². The molecule has 1 saturated carbocycles. The zero-order chi connectivity index (χ0) is 24.7. The maximum absolute atomic E-state index is 14.5. The summed E-state index contributed by atoms with van der Waals surface area (Å²) in [4.78, 5) is 28.9. The summed E-state index contributed by atoms with van der Waals surface area (Å²) in [5.74, 6) is -2.09. The second-order valence-electron chi connectivity index (χ2n) is 8.43. The van der Waals surface area contributed by atoms with Crippen LogP contribution in [0.1, 0.15) is 23.2 Å². The number of halogens is 3. The highest BCUT2D eigenvalue weighted by atomic mass is 35.5. The van der Waals surface area contributed by atoms with Crippen LogP contribution in [0.4, 0.5) is 8.78 Å². The number of hydrogen-bond donors (Lipinski definition) is 1. The molecule has 1 aliphatic carbocycles. The average Bonchev–Trinajstić information content (AvgIpc) is 3.16. The van der Waals surface area contributed by atoms with Crippen molar-refractivity contribution in [2.75, 3.05) is 7.11 Å². The number of ether oxygens (including phenoxy) is 1. The van der Waals surface area contributed by atoms with E-state index in [1.165, 1.54) is 19.2 Å². The summed E-state index contributed by atoms with van der Waals surface area (Å²) >= 11 is 6.63. The number of esters is 1. The first-order chi connectivity index (χ1) is 16.9. The van der Waals surface area contributed by atoms with E-state index in [9.17, 15) is 18.4 Å². The van der Waals surface area contributed by atoms with Gasteiger partial charge in [-0.25, -0.2) is 13.8 Å². The largest absolute Gasteiger partial charge is 0.469 e. The Morgan fingerprint density at radius 2 is 1.80 bits per heavy atom. The Balaban J connectivity index is 1.44. The molecule has 1 aliphatic rings. The summed E-state index contributed by atoms with van der Waals surface area (Å²) in [6.45, 7) is 0. The molecule has 2 aromatic carbocycles. The molecule has 0 atom stereocenters. The molecule has 0 unspecified atom stereocenters. The lowest BCUT2D eigenvalue weighted by Crippen LogP contribution is -2.47.